The van der Waals surface area contributed by atoms with Crippen LogP contribution in [-0.2, 0) is 0 Å². The fourth-order valence-electron chi connectivity index (χ4n) is 1.00. The molecule has 2 aromatic heterocycles. The van der Waals surface area contributed by atoms with Gasteiger partial charge in [0, 0.05) is 23.0 Å². The van der Waals surface area contributed by atoms with Crippen molar-refractivity contribution in [2.75, 3.05) is 0 Å². The van der Waals surface area contributed by atoms with Crippen molar-refractivity contribution in [1.29, 1.82) is 0 Å². The van der Waals surface area contributed by atoms with Gasteiger partial charge in [-0.2, -0.15) is 10.1 Å². The van der Waals surface area contributed by atoms with E-state index in [1.165, 1.54) is 0 Å². The van der Waals surface area contributed by atoms with Crippen LogP contribution >= 0.6 is 11.6 Å². The first-order valence-electron chi connectivity index (χ1n) is 4.14. The van der Waals surface area contributed by atoms with Crippen molar-refractivity contribution in [3.63, 3.8) is 0 Å². The van der Waals surface area contributed by atoms with Crippen LogP contribution in [0.15, 0.2) is 48.9 Å². The summed E-state index contributed by atoms with van der Waals surface area (Å²) < 4.78 is 1.69. The summed E-state index contributed by atoms with van der Waals surface area (Å²) in [4.78, 5) is 4.05. The van der Waals surface area contributed by atoms with Gasteiger partial charge in [0.1, 0.15) is 0 Å². The average Bonchev–Trinajstić information content (AvgIpc) is 2.23. The Morgan fingerprint density at radius 1 is 1.14 bits per heavy atom. The van der Waals surface area contributed by atoms with Gasteiger partial charge >= 0.3 is 0 Å². The van der Waals surface area contributed by atoms with Gasteiger partial charge < -0.3 is 4.98 Å². The molecule has 0 atom stereocenters. The van der Waals surface area contributed by atoms with Crippen LogP contribution in [0.1, 0.15) is 0 Å². The zero-order chi connectivity index (χ0) is 9.80. The van der Waals surface area contributed by atoms with E-state index in [2.05, 4.69) is 10.4 Å². The molecule has 70 valence electrons. The Balaban J connectivity index is 2.16. The molecule has 0 aliphatic heterocycles. The van der Waals surface area contributed by atoms with Crippen molar-refractivity contribution < 1.29 is 4.68 Å². The van der Waals surface area contributed by atoms with Gasteiger partial charge in [0.25, 0.3) is 0 Å². The van der Waals surface area contributed by atoms with Crippen molar-refractivity contribution in [3.8, 4) is 0 Å². The number of rotatable bonds is 2. The van der Waals surface area contributed by atoms with E-state index in [0.717, 1.165) is 0 Å². The normalized spacial score (nSPS) is 9.79. The van der Waals surface area contributed by atoms with Gasteiger partial charge in [-0.3, -0.25) is 0 Å². The summed E-state index contributed by atoms with van der Waals surface area (Å²) in [5.41, 5.74) is 4.23. The third-order valence-electron chi connectivity index (χ3n) is 1.63. The molecular weight excluding hydrogens is 198 g/mol. The molecule has 2 rings (SSSR count). The van der Waals surface area contributed by atoms with E-state index in [9.17, 15) is 0 Å². The van der Waals surface area contributed by atoms with Crippen LogP contribution in [0, 0.1) is 0 Å². The molecule has 0 fully saturated rings. The van der Waals surface area contributed by atoms with Crippen molar-refractivity contribution in [3.05, 3.63) is 59.4 Å². The first-order valence-corrected chi connectivity index (χ1v) is 4.52. The van der Waals surface area contributed by atoms with Gasteiger partial charge in [0.05, 0.1) is 0 Å². The monoisotopic (exact) mass is 205 g/mol. The Morgan fingerprint density at radius 2 is 1.93 bits per heavy atom. The van der Waals surface area contributed by atoms with Crippen LogP contribution in [-0.4, -0.2) is 4.98 Å². The largest absolute Gasteiger partial charge is 0.437 e. The molecule has 0 aromatic carbocycles. The maximum absolute atomic E-state index is 5.70. The van der Waals surface area contributed by atoms with Crippen LogP contribution in [0.4, 0.5) is 5.82 Å². The number of pyridine rings is 2. The Bertz CT molecular complexity index is 399. The minimum atomic E-state index is 0.613. The van der Waals surface area contributed by atoms with Crippen LogP contribution in [0.5, 0.6) is 0 Å². The lowest BCUT2D eigenvalue weighted by atomic mass is 10.5. The van der Waals surface area contributed by atoms with E-state index >= 15 is 0 Å². The molecule has 0 aliphatic rings. The third kappa shape index (κ3) is 2.20. The van der Waals surface area contributed by atoms with Crippen LogP contribution in [0.2, 0.25) is 5.02 Å². The first-order chi connectivity index (χ1) is 6.84. The molecular formula is C10H8ClN3. The van der Waals surface area contributed by atoms with Gasteiger partial charge in [-0.05, 0) is 6.07 Å². The highest BCUT2D eigenvalue weighted by molar-refractivity contribution is 6.30. The highest BCUT2D eigenvalue weighted by Gasteiger charge is 1.91. The minimum Gasteiger partial charge on any atom is -0.437 e. The second-order valence-corrected chi connectivity index (χ2v) is 3.13. The molecule has 0 saturated heterocycles. The smallest absolute Gasteiger partial charge is 0.182 e. The summed E-state index contributed by atoms with van der Waals surface area (Å²) in [5.74, 6) is 0.630. The predicted octanol–water partition coefficient (Wildman–Crippen LogP) is 2.49. The average molecular weight is 206 g/mol. The lowest BCUT2D eigenvalue weighted by molar-refractivity contribution is -0.619. The summed E-state index contributed by atoms with van der Waals surface area (Å²) in [7, 11) is 0. The summed E-state index contributed by atoms with van der Waals surface area (Å²) in [5, 5.41) is 0.613. The maximum Gasteiger partial charge on any atom is 0.182 e. The fourth-order valence-corrected chi connectivity index (χ4v) is 1.11. The van der Waals surface area contributed by atoms with Crippen molar-refractivity contribution in [1.82, 2.24) is 4.98 Å². The third-order valence-corrected chi connectivity index (χ3v) is 1.85. The molecule has 14 heavy (non-hydrogen) atoms. The van der Waals surface area contributed by atoms with Gasteiger partial charge in [-0.25, -0.2) is 0 Å². The second kappa shape index (κ2) is 4.07. The fraction of sp³-hybridized carbons (Fsp3) is 0. The van der Waals surface area contributed by atoms with E-state index in [4.69, 9.17) is 11.6 Å². The highest BCUT2D eigenvalue weighted by Crippen LogP contribution is 2.14. The summed E-state index contributed by atoms with van der Waals surface area (Å²) in [6.45, 7) is 0. The van der Waals surface area contributed by atoms with Crippen LogP contribution < -0.4 is 4.68 Å². The molecule has 2 aromatic rings. The van der Waals surface area contributed by atoms with Crippen molar-refractivity contribution >= 4 is 17.4 Å². The first kappa shape index (κ1) is 8.97. The zero-order valence-corrected chi connectivity index (χ0v) is 8.09. The number of hydrogen-bond donors (Lipinski definition) is 0. The Labute approximate surface area is 87.0 Å². The topological polar surface area (TPSA) is 30.9 Å². The van der Waals surface area contributed by atoms with E-state index < -0.39 is 0 Å². The predicted molar refractivity (Wildman–Crippen MR) is 54.3 cm³/mol. The van der Waals surface area contributed by atoms with Crippen LogP contribution in [0.25, 0.3) is 5.43 Å². The van der Waals surface area contributed by atoms with E-state index in [0.29, 0.717) is 10.8 Å². The lowest BCUT2D eigenvalue weighted by Crippen LogP contribution is -2.26. The lowest BCUT2D eigenvalue weighted by Gasteiger charge is -2.07. The summed E-state index contributed by atoms with van der Waals surface area (Å²) in [6, 6.07) is 9.26. The molecule has 0 spiro atoms. The number of aromatic nitrogens is 2. The van der Waals surface area contributed by atoms with E-state index in [-0.39, 0.29) is 0 Å². The van der Waals surface area contributed by atoms with Gasteiger partial charge in [-0.15, -0.1) is 0 Å². The molecule has 0 aliphatic carbocycles. The van der Waals surface area contributed by atoms with Gasteiger partial charge in [-0.1, -0.05) is 29.9 Å². The highest BCUT2D eigenvalue weighted by atomic mass is 35.5. The molecule has 0 amide bonds. The molecule has 0 unspecified atom stereocenters. The molecule has 4 heteroatoms. The maximum atomic E-state index is 5.70. The van der Waals surface area contributed by atoms with E-state index in [1.807, 2.05) is 30.6 Å². The van der Waals surface area contributed by atoms with Gasteiger partial charge in [0.2, 0.25) is 0 Å². The SMILES string of the molecule is Clc1ccc([N-][n+]2ccccc2)nc1. The van der Waals surface area contributed by atoms with Crippen molar-refractivity contribution in [2.24, 2.45) is 0 Å². The standard InChI is InChI=1S/C10H8ClN3/c11-9-4-5-10(12-8-9)13-14-6-2-1-3-7-14/h1-8H. The Kier molecular flexibility index (Phi) is 2.60. The number of nitrogens with zero attached hydrogens (tertiary/aromatic N) is 3. The Hall–Kier alpha value is -1.61. The van der Waals surface area contributed by atoms with Gasteiger partial charge in [0.15, 0.2) is 12.4 Å². The van der Waals surface area contributed by atoms with Crippen molar-refractivity contribution in [2.45, 2.75) is 0 Å². The molecule has 0 saturated carbocycles. The molecule has 0 N–H and O–H groups in total. The molecule has 2 heterocycles. The van der Waals surface area contributed by atoms with Crippen LogP contribution in [0.3, 0.4) is 0 Å². The van der Waals surface area contributed by atoms with E-state index in [1.54, 1.807) is 23.0 Å². The number of halogens is 1. The zero-order valence-electron chi connectivity index (χ0n) is 7.34. The summed E-state index contributed by atoms with van der Waals surface area (Å²) in [6.07, 6.45) is 5.26. The second-order valence-electron chi connectivity index (χ2n) is 2.69. The molecule has 0 bridgehead atoms. The number of hydrogen-bond acceptors (Lipinski definition) is 1. The minimum absolute atomic E-state index is 0.613. The Morgan fingerprint density at radius 3 is 2.57 bits per heavy atom. The summed E-state index contributed by atoms with van der Waals surface area (Å²) >= 11 is 5.70. The molecule has 0 radical (unpaired) electrons. The quantitative estimate of drug-likeness (QED) is 0.693. The molecule has 3 nitrogen and oxygen atoms in total.